The maximum absolute atomic E-state index is 11.2. The maximum atomic E-state index is 11.2. The second-order valence-corrected chi connectivity index (χ2v) is 2.96. The van der Waals surface area contributed by atoms with E-state index in [4.69, 9.17) is 9.84 Å². The predicted octanol–water partition coefficient (Wildman–Crippen LogP) is -1.57. The number of ether oxygens (including phenoxy) is 1. The van der Waals surface area contributed by atoms with Crippen LogP contribution >= 0.6 is 0 Å². The second kappa shape index (κ2) is 5.90. The van der Waals surface area contributed by atoms with Crippen molar-refractivity contribution >= 4 is 5.91 Å². The summed E-state index contributed by atoms with van der Waals surface area (Å²) in [5.41, 5.74) is 0. The van der Waals surface area contributed by atoms with Gasteiger partial charge in [-0.15, -0.1) is 0 Å². The molecule has 13 heavy (non-hydrogen) atoms. The Bertz CT molecular complexity index is 157. The Morgan fingerprint density at radius 3 is 2.77 bits per heavy atom. The maximum Gasteiger partial charge on any atom is 0.234 e. The first-order valence-electron chi connectivity index (χ1n) is 4.50. The number of hydrogen-bond donors (Lipinski definition) is 2. The number of rotatable bonds is 4. The highest BCUT2D eigenvalue weighted by molar-refractivity contribution is 5.77. The lowest BCUT2D eigenvalue weighted by atomic mass is 10.4. The Balaban J connectivity index is 2.11. The van der Waals surface area contributed by atoms with Crippen molar-refractivity contribution in [2.75, 3.05) is 46.0 Å². The number of nitrogens with zero attached hydrogens (tertiary/aromatic N) is 1. The van der Waals surface area contributed by atoms with Crippen molar-refractivity contribution in [1.29, 1.82) is 0 Å². The first-order valence-corrected chi connectivity index (χ1v) is 4.50. The molecule has 0 aromatic heterocycles. The summed E-state index contributed by atoms with van der Waals surface area (Å²) in [5.74, 6) is -0.0315. The Morgan fingerprint density at radius 2 is 2.15 bits per heavy atom. The molecule has 1 fully saturated rings. The lowest BCUT2D eigenvalue weighted by molar-refractivity contribution is -0.123. The minimum absolute atomic E-state index is 0.00511. The van der Waals surface area contributed by atoms with Crippen LogP contribution in [0.25, 0.3) is 0 Å². The lowest BCUT2D eigenvalue weighted by Gasteiger charge is -2.25. The summed E-state index contributed by atoms with van der Waals surface area (Å²) in [5, 5.41) is 11.1. The number of morpholine rings is 1. The van der Waals surface area contributed by atoms with Crippen LogP contribution in [0.4, 0.5) is 0 Å². The molecule has 0 unspecified atom stereocenters. The predicted molar refractivity (Wildman–Crippen MR) is 47.4 cm³/mol. The summed E-state index contributed by atoms with van der Waals surface area (Å²) >= 11 is 0. The third-order valence-corrected chi connectivity index (χ3v) is 1.90. The molecular formula is C8H16N2O3. The molecule has 1 saturated heterocycles. The highest BCUT2D eigenvalue weighted by Crippen LogP contribution is 1.94. The molecule has 1 aliphatic heterocycles. The molecule has 0 saturated carbocycles. The molecule has 0 radical (unpaired) electrons. The smallest absolute Gasteiger partial charge is 0.234 e. The number of carbonyl (C=O) groups is 1. The third-order valence-electron chi connectivity index (χ3n) is 1.90. The van der Waals surface area contributed by atoms with Crippen LogP contribution in [0, 0.1) is 0 Å². The van der Waals surface area contributed by atoms with Gasteiger partial charge in [-0.2, -0.15) is 0 Å². The number of nitrogens with one attached hydrogen (secondary N) is 1. The van der Waals surface area contributed by atoms with E-state index in [0.717, 1.165) is 13.1 Å². The molecule has 0 atom stereocenters. The number of carbonyl (C=O) groups excluding carboxylic acids is 1. The average Bonchev–Trinajstić information content (AvgIpc) is 2.16. The average molecular weight is 188 g/mol. The summed E-state index contributed by atoms with van der Waals surface area (Å²) < 4.78 is 5.15. The van der Waals surface area contributed by atoms with E-state index in [0.29, 0.717) is 26.3 Å². The molecule has 76 valence electrons. The van der Waals surface area contributed by atoms with E-state index < -0.39 is 0 Å². The van der Waals surface area contributed by atoms with E-state index in [-0.39, 0.29) is 12.5 Å². The van der Waals surface area contributed by atoms with Gasteiger partial charge in [0.25, 0.3) is 0 Å². The molecule has 1 rings (SSSR count). The second-order valence-electron chi connectivity index (χ2n) is 2.96. The van der Waals surface area contributed by atoms with Crippen molar-refractivity contribution in [1.82, 2.24) is 10.2 Å². The monoisotopic (exact) mass is 188 g/mol. The van der Waals surface area contributed by atoms with Crippen LogP contribution < -0.4 is 5.32 Å². The molecule has 0 aromatic rings. The minimum atomic E-state index is -0.0315. The summed E-state index contributed by atoms with van der Waals surface area (Å²) in [6.45, 7) is 3.76. The summed E-state index contributed by atoms with van der Waals surface area (Å²) in [7, 11) is 0. The minimum Gasteiger partial charge on any atom is -0.395 e. The largest absolute Gasteiger partial charge is 0.395 e. The molecule has 1 aliphatic rings. The number of aliphatic hydroxyl groups excluding tert-OH is 1. The van der Waals surface area contributed by atoms with Crippen LogP contribution in [-0.4, -0.2) is 61.9 Å². The highest BCUT2D eigenvalue weighted by atomic mass is 16.5. The molecule has 0 bridgehead atoms. The fourth-order valence-corrected chi connectivity index (χ4v) is 1.21. The first kappa shape index (κ1) is 10.4. The summed E-state index contributed by atoms with van der Waals surface area (Å²) in [4.78, 5) is 13.2. The number of aliphatic hydroxyl groups is 1. The fourth-order valence-electron chi connectivity index (χ4n) is 1.21. The first-order chi connectivity index (χ1) is 6.33. The lowest BCUT2D eigenvalue weighted by Crippen LogP contribution is -2.43. The zero-order chi connectivity index (χ0) is 9.52. The number of hydrogen-bond acceptors (Lipinski definition) is 4. The van der Waals surface area contributed by atoms with Crippen LogP contribution in [0.3, 0.4) is 0 Å². The Hall–Kier alpha value is -0.650. The van der Waals surface area contributed by atoms with E-state index in [9.17, 15) is 4.79 Å². The highest BCUT2D eigenvalue weighted by Gasteiger charge is 2.13. The van der Waals surface area contributed by atoms with Crippen LogP contribution in [0.5, 0.6) is 0 Å². The standard InChI is InChI=1S/C8H16N2O3/c11-4-1-9-8(12)7-10-2-5-13-6-3-10/h11H,1-7H2,(H,9,12). The van der Waals surface area contributed by atoms with Gasteiger partial charge in [-0.25, -0.2) is 0 Å². The van der Waals surface area contributed by atoms with Gasteiger partial charge < -0.3 is 15.2 Å². The van der Waals surface area contributed by atoms with Gasteiger partial charge in [-0.3, -0.25) is 9.69 Å². The molecule has 1 heterocycles. The van der Waals surface area contributed by atoms with Gasteiger partial charge in [-0.05, 0) is 0 Å². The number of amides is 1. The Morgan fingerprint density at radius 1 is 1.46 bits per heavy atom. The fraction of sp³-hybridized carbons (Fsp3) is 0.875. The van der Waals surface area contributed by atoms with Crippen LogP contribution in [-0.2, 0) is 9.53 Å². The van der Waals surface area contributed by atoms with Crippen molar-refractivity contribution in [3.05, 3.63) is 0 Å². The van der Waals surface area contributed by atoms with E-state index in [2.05, 4.69) is 5.32 Å². The van der Waals surface area contributed by atoms with Gasteiger partial charge >= 0.3 is 0 Å². The van der Waals surface area contributed by atoms with Crippen molar-refractivity contribution in [2.45, 2.75) is 0 Å². The molecule has 5 heteroatoms. The van der Waals surface area contributed by atoms with Crippen LogP contribution in [0.2, 0.25) is 0 Å². The third kappa shape index (κ3) is 4.21. The molecule has 0 aliphatic carbocycles. The van der Waals surface area contributed by atoms with Crippen molar-refractivity contribution in [3.63, 3.8) is 0 Å². The summed E-state index contributed by atoms with van der Waals surface area (Å²) in [6, 6.07) is 0. The van der Waals surface area contributed by atoms with E-state index in [1.54, 1.807) is 0 Å². The molecule has 0 spiro atoms. The quantitative estimate of drug-likeness (QED) is 0.559. The summed E-state index contributed by atoms with van der Waals surface area (Å²) in [6.07, 6.45) is 0. The van der Waals surface area contributed by atoms with Crippen LogP contribution in [0.1, 0.15) is 0 Å². The van der Waals surface area contributed by atoms with Crippen molar-refractivity contribution in [2.24, 2.45) is 0 Å². The van der Waals surface area contributed by atoms with E-state index >= 15 is 0 Å². The molecular weight excluding hydrogens is 172 g/mol. The van der Waals surface area contributed by atoms with Gasteiger partial charge in [-0.1, -0.05) is 0 Å². The van der Waals surface area contributed by atoms with Gasteiger partial charge in [0.15, 0.2) is 0 Å². The van der Waals surface area contributed by atoms with Gasteiger partial charge in [0.2, 0.25) is 5.91 Å². The van der Waals surface area contributed by atoms with Crippen molar-refractivity contribution in [3.8, 4) is 0 Å². The molecule has 2 N–H and O–H groups in total. The topological polar surface area (TPSA) is 61.8 Å². The van der Waals surface area contributed by atoms with Crippen molar-refractivity contribution < 1.29 is 14.6 Å². The zero-order valence-corrected chi connectivity index (χ0v) is 7.66. The molecule has 1 amide bonds. The van der Waals surface area contributed by atoms with Gasteiger partial charge in [0.05, 0.1) is 26.4 Å². The Labute approximate surface area is 77.7 Å². The Kier molecular flexibility index (Phi) is 4.74. The molecule has 5 nitrogen and oxygen atoms in total. The van der Waals surface area contributed by atoms with Gasteiger partial charge in [0, 0.05) is 19.6 Å². The zero-order valence-electron chi connectivity index (χ0n) is 7.66. The normalized spacial score (nSPS) is 18.5. The van der Waals surface area contributed by atoms with E-state index in [1.807, 2.05) is 4.90 Å². The van der Waals surface area contributed by atoms with E-state index in [1.165, 1.54) is 0 Å². The van der Waals surface area contributed by atoms with Gasteiger partial charge in [0.1, 0.15) is 0 Å². The SMILES string of the molecule is O=C(CN1CCOCC1)NCCO. The van der Waals surface area contributed by atoms with Crippen LogP contribution in [0.15, 0.2) is 0 Å². The molecule has 0 aromatic carbocycles.